The molecule has 0 unspecified atom stereocenters. The molecule has 154 valence electrons. The number of hydrogen-bond donors (Lipinski definition) is 1. The van der Waals surface area contributed by atoms with E-state index in [-0.39, 0.29) is 11.8 Å². The fraction of sp³-hybridized carbons (Fsp3) is 0.364. The van der Waals surface area contributed by atoms with Crippen molar-refractivity contribution in [2.45, 2.75) is 13.3 Å². The van der Waals surface area contributed by atoms with E-state index in [1.807, 2.05) is 47.4 Å². The zero-order valence-corrected chi connectivity index (χ0v) is 17.1. The molecule has 0 aliphatic carbocycles. The van der Waals surface area contributed by atoms with Crippen LogP contribution in [-0.2, 0) is 16.0 Å². The smallest absolute Gasteiger partial charge is 0.227 e. The van der Waals surface area contributed by atoms with Crippen LogP contribution in [0.2, 0.25) is 0 Å². The molecule has 1 saturated heterocycles. The van der Waals surface area contributed by atoms with Crippen molar-refractivity contribution in [3.05, 3.63) is 48.0 Å². The van der Waals surface area contributed by atoms with Gasteiger partial charge in [-0.25, -0.2) is 0 Å². The predicted molar refractivity (Wildman–Crippen MR) is 113 cm³/mol. The molecule has 1 fully saturated rings. The molecule has 1 heterocycles. The zero-order chi connectivity index (χ0) is 20.8. The molecule has 0 aromatic heterocycles. The topological polar surface area (TPSA) is 71.1 Å². The molecule has 1 aliphatic heterocycles. The lowest BCUT2D eigenvalue weighted by Gasteiger charge is -2.36. The second-order valence-corrected chi connectivity index (χ2v) is 6.96. The maximum Gasteiger partial charge on any atom is 0.227 e. The van der Waals surface area contributed by atoms with Gasteiger partial charge in [0.2, 0.25) is 11.8 Å². The number of methoxy groups -OCH3 is 2. The number of piperazine rings is 1. The van der Waals surface area contributed by atoms with E-state index in [4.69, 9.17) is 9.47 Å². The van der Waals surface area contributed by atoms with Crippen molar-refractivity contribution in [3.8, 4) is 11.5 Å². The molecule has 1 N–H and O–H groups in total. The third kappa shape index (κ3) is 5.19. The summed E-state index contributed by atoms with van der Waals surface area (Å²) in [6, 6.07) is 13.3. The number of nitrogens with one attached hydrogen (secondary N) is 1. The van der Waals surface area contributed by atoms with Crippen LogP contribution in [0.25, 0.3) is 0 Å². The van der Waals surface area contributed by atoms with E-state index in [1.165, 1.54) is 6.92 Å². The van der Waals surface area contributed by atoms with Gasteiger partial charge in [-0.1, -0.05) is 6.07 Å². The van der Waals surface area contributed by atoms with Crippen LogP contribution < -0.4 is 19.7 Å². The van der Waals surface area contributed by atoms with Crippen LogP contribution in [0.4, 0.5) is 11.4 Å². The fourth-order valence-corrected chi connectivity index (χ4v) is 3.45. The van der Waals surface area contributed by atoms with Gasteiger partial charge in [-0.15, -0.1) is 0 Å². The van der Waals surface area contributed by atoms with Gasteiger partial charge >= 0.3 is 0 Å². The molecule has 0 spiro atoms. The van der Waals surface area contributed by atoms with Crippen molar-refractivity contribution < 1.29 is 19.1 Å². The number of amides is 2. The monoisotopic (exact) mass is 397 g/mol. The summed E-state index contributed by atoms with van der Waals surface area (Å²) in [6.45, 7) is 4.40. The third-order valence-corrected chi connectivity index (χ3v) is 4.99. The van der Waals surface area contributed by atoms with Crippen LogP contribution in [0, 0.1) is 0 Å². The number of ether oxygens (including phenoxy) is 2. The number of carbonyl (C=O) groups is 2. The predicted octanol–water partition coefficient (Wildman–Crippen LogP) is 2.55. The second kappa shape index (κ2) is 9.32. The van der Waals surface area contributed by atoms with E-state index in [1.54, 1.807) is 14.2 Å². The van der Waals surface area contributed by atoms with Gasteiger partial charge in [0.15, 0.2) is 11.5 Å². The summed E-state index contributed by atoms with van der Waals surface area (Å²) in [5, 5.41) is 2.77. The molecule has 0 atom stereocenters. The Balaban J connectivity index is 1.55. The van der Waals surface area contributed by atoms with E-state index < -0.39 is 0 Å². The van der Waals surface area contributed by atoms with Gasteiger partial charge in [0.05, 0.1) is 20.6 Å². The summed E-state index contributed by atoms with van der Waals surface area (Å²) in [5.41, 5.74) is 2.78. The highest BCUT2D eigenvalue weighted by molar-refractivity contribution is 5.88. The van der Waals surface area contributed by atoms with Gasteiger partial charge in [0.1, 0.15) is 0 Å². The summed E-state index contributed by atoms with van der Waals surface area (Å²) in [4.78, 5) is 28.0. The largest absolute Gasteiger partial charge is 0.493 e. The molecule has 2 aromatic rings. The average Bonchev–Trinajstić information content (AvgIpc) is 2.74. The van der Waals surface area contributed by atoms with Crippen LogP contribution in [0.1, 0.15) is 12.5 Å². The van der Waals surface area contributed by atoms with E-state index in [9.17, 15) is 9.59 Å². The average molecular weight is 397 g/mol. The van der Waals surface area contributed by atoms with Crippen LogP contribution in [-0.4, -0.2) is 57.1 Å². The summed E-state index contributed by atoms with van der Waals surface area (Å²) in [6.07, 6.45) is 0.339. The molecule has 7 heteroatoms. The zero-order valence-electron chi connectivity index (χ0n) is 17.1. The number of benzene rings is 2. The Bertz CT molecular complexity index is 859. The van der Waals surface area contributed by atoms with Crippen molar-refractivity contribution in [1.29, 1.82) is 0 Å². The fourth-order valence-electron chi connectivity index (χ4n) is 3.45. The molecule has 0 bridgehead atoms. The van der Waals surface area contributed by atoms with Crippen LogP contribution in [0.5, 0.6) is 11.5 Å². The molecular formula is C22H27N3O4. The first-order valence-electron chi connectivity index (χ1n) is 9.61. The second-order valence-electron chi connectivity index (χ2n) is 6.96. The standard InChI is InChI=1S/C22H27N3O4/c1-16(26)23-18-5-7-19(8-6-18)24-10-12-25(13-11-24)22(27)15-17-4-9-20(28-2)21(14-17)29-3/h4-9,14H,10-13,15H2,1-3H3,(H,23,26). The van der Waals surface area contributed by atoms with Gasteiger partial charge in [-0.3, -0.25) is 9.59 Å². The third-order valence-electron chi connectivity index (χ3n) is 4.99. The number of anilines is 2. The van der Waals surface area contributed by atoms with E-state index in [0.717, 1.165) is 30.0 Å². The molecule has 7 nitrogen and oxygen atoms in total. The van der Waals surface area contributed by atoms with E-state index >= 15 is 0 Å². The molecular weight excluding hydrogens is 370 g/mol. The minimum atomic E-state index is -0.0839. The van der Waals surface area contributed by atoms with E-state index in [2.05, 4.69) is 10.2 Å². The van der Waals surface area contributed by atoms with Crippen LogP contribution in [0.3, 0.4) is 0 Å². The quantitative estimate of drug-likeness (QED) is 0.811. The van der Waals surface area contributed by atoms with Crippen molar-refractivity contribution in [2.24, 2.45) is 0 Å². The molecule has 29 heavy (non-hydrogen) atoms. The van der Waals surface area contributed by atoms with Crippen molar-refractivity contribution >= 4 is 23.2 Å². The SMILES string of the molecule is COc1ccc(CC(=O)N2CCN(c3ccc(NC(C)=O)cc3)CC2)cc1OC. The maximum atomic E-state index is 12.7. The highest BCUT2D eigenvalue weighted by Gasteiger charge is 2.21. The van der Waals surface area contributed by atoms with Gasteiger partial charge in [0, 0.05) is 44.5 Å². The minimum absolute atomic E-state index is 0.0839. The Kier molecular flexibility index (Phi) is 6.59. The summed E-state index contributed by atoms with van der Waals surface area (Å²) < 4.78 is 10.6. The first kappa shape index (κ1) is 20.5. The summed E-state index contributed by atoms with van der Waals surface area (Å²) >= 11 is 0. The summed E-state index contributed by atoms with van der Waals surface area (Å²) in [7, 11) is 3.18. The lowest BCUT2D eigenvalue weighted by molar-refractivity contribution is -0.130. The molecule has 3 rings (SSSR count). The summed E-state index contributed by atoms with van der Waals surface area (Å²) in [5.74, 6) is 1.31. The first-order valence-corrected chi connectivity index (χ1v) is 9.61. The van der Waals surface area contributed by atoms with Crippen molar-refractivity contribution in [3.63, 3.8) is 0 Å². The molecule has 2 aromatic carbocycles. The van der Waals surface area contributed by atoms with Crippen LogP contribution in [0.15, 0.2) is 42.5 Å². The number of carbonyl (C=O) groups excluding carboxylic acids is 2. The maximum absolute atomic E-state index is 12.7. The normalized spacial score (nSPS) is 13.8. The number of nitrogens with zero attached hydrogens (tertiary/aromatic N) is 2. The Morgan fingerprint density at radius 3 is 2.17 bits per heavy atom. The lowest BCUT2D eigenvalue weighted by Crippen LogP contribution is -2.49. The van der Waals surface area contributed by atoms with Crippen molar-refractivity contribution in [2.75, 3.05) is 50.6 Å². The Morgan fingerprint density at radius 2 is 1.59 bits per heavy atom. The molecule has 0 saturated carbocycles. The highest BCUT2D eigenvalue weighted by Crippen LogP contribution is 2.28. The number of hydrogen-bond acceptors (Lipinski definition) is 5. The number of rotatable bonds is 6. The first-order chi connectivity index (χ1) is 14.0. The van der Waals surface area contributed by atoms with Gasteiger partial charge in [-0.05, 0) is 42.0 Å². The minimum Gasteiger partial charge on any atom is -0.493 e. The Hall–Kier alpha value is -3.22. The molecule has 1 aliphatic rings. The van der Waals surface area contributed by atoms with Gasteiger partial charge in [0.25, 0.3) is 0 Å². The van der Waals surface area contributed by atoms with Crippen LogP contribution >= 0.6 is 0 Å². The Morgan fingerprint density at radius 1 is 0.931 bits per heavy atom. The van der Waals surface area contributed by atoms with Gasteiger partial charge in [-0.2, -0.15) is 0 Å². The molecule has 2 amide bonds. The lowest BCUT2D eigenvalue weighted by atomic mass is 10.1. The Labute approximate surface area is 171 Å². The van der Waals surface area contributed by atoms with E-state index in [0.29, 0.717) is 31.0 Å². The van der Waals surface area contributed by atoms with Crippen molar-refractivity contribution in [1.82, 2.24) is 4.90 Å². The van der Waals surface area contributed by atoms with Gasteiger partial charge < -0.3 is 24.6 Å². The highest BCUT2D eigenvalue weighted by atomic mass is 16.5. The molecule has 0 radical (unpaired) electrons.